The van der Waals surface area contributed by atoms with Crippen molar-refractivity contribution in [3.63, 3.8) is 0 Å². The van der Waals surface area contributed by atoms with Gasteiger partial charge >= 0.3 is 0 Å². The number of ether oxygens (including phenoxy) is 3. The normalized spacial score (nSPS) is 18.2. The molecule has 8 nitrogen and oxygen atoms in total. The number of carbonyl (C=O) groups excluding carboxylic acids is 1. The number of hydrogen-bond acceptors (Lipinski definition) is 7. The van der Waals surface area contributed by atoms with Crippen LogP contribution in [0.15, 0.2) is 29.7 Å². The van der Waals surface area contributed by atoms with E-state index in [1.165, 1.54) is 12.2 Å². The average molecular weight is 437 g/mol. The number of methoxy groups -OCH3 is 1. The molecule has 0 unspecified atom stereocenters. The Bertz CT molecular complexity index is 920. The zero-order chi connectivity index (χ0) is 21.6. The van der Waals surface area contributed by atoms with Crippen LogP contribution in [0.1, 0.15) is 17.5 Å². The molecular formula is C21H28N2O6S. The third-order valence-corrected chi connectivity index (χ3v) is 6.44. The van der Waals surface area contributed by atoms with Crippen LogP contribution in [0.25, 0.3) is 6.08 Å². The van der Waals surface area contributed by atoms with E-state index in [0.717, 1.165) is 48.1 Å². The minimum Gasteiger partial charge on any atom is -0.493 e. The molecule has 0 N–H and O–H groups in total. The number of amides is 1. The molecule has 1 amide bonds. The third kappa shape index (κ3) is 5.62. The number of hydrogen-bond donors (Lipinski definition) is 0. The zero-order valence-electron chi connectivity index (χ0n) is 17.4. The SMILES string of the molecule is COc1cc(/C=C/S(=O)(=O)N2CCC=CC2=O)cc(C)c1OCCN1CCOCC1. The number of rotatable bonds is 8. The van der Waals surface area contributed by atoms with Crippen LogP contribution in [0, 0.1) is 6.92 Å². The summed E-state index contributed by atoms with van der Waals surface area (Å²) in [5, 5.41) is 1.05. The molecule has 2 aliphatic rings. The van der Waals surface area contributed by atoms with Gasteiger partial charge in [0, 0.05) is 32.3 Å². The first-order valence-corrected chi connectivity index (χ1v) is 11.4. The fraction of sp³-hybridized carbons (Fsp3) is 0.476. The summed E-state index contributed by atoms with van der Waals surface area (Å²) in [6.07, 6.45) is 4.94. The Kier molecular flexibility index (Phi) is 7.52. The second-order valence-corrected chi connectivity index (χ2v) is 8.86. The summed E-state index contributed by atoms with van der Waals surface area (Å²) in [5.74, 6) is 0.650. The van der Waals surface area contributed by atoms with Crippen molar-refractivity contribution in [2.75, 3.05) is 53.1 Å². The van der Waals surface area contributed by atoms with Gasteiger partial charge in [-0.3, -0.25) is 9.69 Å². The quantitative estimate of drug-likeness (QED) is 0.614. The fourth-order valence-corrected chi connectivity index (χ4v) is 4.51. The molecule has 3 rings (SSSR count). The molecule has 164 valence electrons. The van der Waals surface area contributed by atoms with E-state index in [9.17, 15) is 13.2 Å². The van der Waals surface area contributed by atoms with Gasteiger partial charge in [0.2, 0.25) is 0 Å². The van der Waals surface area contributed by atoms with Crippen LogP contribution in [0.2, 0.25) is 0 Å². The second kappa shape index (κ2) is 10.1. The molecule has 1 saturated heterocycles. The summed E-state index contributed by atoms with van der Waals surface area (Å²) in [5.41, 5.74) is 1.49. The third-order valence-electron chi connectivity index (χ3n) is 4.99. The van der Waals surface area contributed by atoms with Gasteiger partial charge < -0.3 is 14.2 Å². The average Bonchev–Trinajstić information content (AvgIpc) is 2.74. The molecular weight excluding hydrogens is 408 g/mol. The van der Waals surface area contributed by atoms with Crippen molar-refractivity contribution in [2.24, 2.45) is 0 Å². The summed E-state index contributed by atoms with van der Waals surface area (Å²) >= 11 is 0. The van der Waals surface area contributed by atoms with Gasteiger partial charge in [-0.2, -0.15) is 0 Å². The standard InChI is InChI=1S/C21H28N2O6S/c1-17-15-18(6-14-30(25,26)23-7-4-3-5-20(23)24)16-19(27-2)21(17)29-13-10-22-8-11-28-12-9-22/h3,5-6,14-16H,4,7-13H2,1-2H3/b14-6+. The van der Waals surface area contributed by atoms with E-state index in [2.05, 4.69) is 4.90 Å². The van der Waals surface area contributed by atoms with Gasteiger partial charge in [0.05, 0.1) is 25.7 Å². The van der Waals surface area contributed by atoms with E-state index in [4.69, 9.17) is 14.2 Å². The lowest BCUT2D eigenvalue weighted by Gasteiger charge is -2.26. The van der Waals surface area contributed by atoms with Crippen LogP contribution in [0.4, 0.5) is 0 Å². The van der Waals surface area contributed by atoms with Gasteiger partial charge in [0.25, 0.3) is 15.9 Å². The molecule has 1 aromatic rings. The maximum atomic E-state index is 12.5. The van der Waals surface area contributed by atoms with Gasteiger partial charge in [-0.15, -0.1) is 0 Å². The van der Waals surface area contributed by atoms with Crippen LogP contribution in [0.3, 0.4) is 0 Å². The highest BCUT2D eigenvalue weighted by Crippen LogP contribution is 2.33. The molecule has 1 fully saturated rings. The first kappa shape index (κ1) is 22.3. The monoisotopic (exact) mass is 436 g/mol. The summed E-state index contributed by atoms with van der Waals surface area (Å²) in [6, 6.07) is 3.55. The number of benzene rings is 1. The van der Waals surface area contributed by atoms with E-state index < -0.39 is 15.9 Å². The number of nitrogens with zero attached hydrogens (tertiary/aromatic N) is 2. The smallest absolute Gasteiger partial charge is 0.259 e. The minimum absolute atomic E-state index is 0.153. The molecule has 0 spiro atoms. The van der Waals surface area contributed by atoms with E-state index in [0.29, 0.717) is 30.1 Å². The summed E-state index contributed by atoms with van der Waals surface area (Å²) in [6.45, 7) is 6.63. The topological polar surface area (TPSA) is 85.4 Å². The van der Waals surface area contributed by atoms with Crippen LogP contribution in [0.5, 0.6) is 11.5 Å². The van der Waals surface area contributed by atoms with Crippen molar-refractivity contribution in [1.29, 1.82) is 0 Å². The van der Waals surface area contributed by atoms with E-state index in [1.807, 2.05) is 13.0 Å². The van der Waals surface area contributed by atoms with Gasteiger partial charge in [-0.25, -0.2) is 12.7 Å². The molecule has 2 heterocycles. The van der Waals surface area contributed by atoms with Crippen LogP contribution in [-0.2, 0) is 19.6 Å². The van der Waals surface area contributed by atoms with Crippen molar-refractivity contribution in [1.82, 2.24) is 9.21 Å². The van der Waals surface area contributed by atoms with E-state index >= 15 is 0 Å². The molecule has 0 aromatic heterocycles. The maximum absolute atomic E-state index is 12.5. The Hall–Kier alpha value is -2.36. The van der Waals surface area contributed by atoms with Crippen molar-refractivity contribution in [3.05, 3.63) is 40.8 Å². The highest BCUT2D eigenvalue weighted by Gasteiger charge is 2.24. The predicted molar refractivity (Wildman–Crippen MR) is 114 cm³/mol. The molecule has 0 saturated carbocycles. The first-order valence-electron chi connectivity index (χ1n) is 9.93. The number of carbonyl (C=O) groups is 1. The molecule has 0 aliphatic carbocycles. The lowest BCUT2D eigenvalue weighted by Crippen LogP contribution is -2.38. The largest absolute Gasteiger partial charge is 0.493 e. The summed E-state index contributed by atoms with van der Waals surface area (Å²) < 4.78 is 42.6. The van der Waals surface area contributed by atoms with Crippen LogP contribution in [-0.4, -0.2) is 76.6 Å². The maximum Gasteiger partial charge on any atom is 0.259 e. The van der Waals surface area contributed by atoms with Crippen molar-refractivity contribution < 1.29 is 27.4 Å². The van der Waals surface area contributed by atoms with Gasteiger partial charge in [-0.05, 0) is 42.7 Å². The van der Waals surface area contributed by atoms with Gasteiger partial charge in [-0.1, -0.05) is 6.08 Å². The van der Waals surface area contributed by atoms with Crippen molar-refractivity contribution in [2.45, 2.75) is 13.3 Å². The number of morpholine rings is 1. The van der Waals surface area contributed by atoms with Crippen LogP contribution >= 0.6 is 0 Å². The highest BCUT2D eigenvalue weighted by atomic mass is 32.2. The van der Waals surface area contributed by atoms with Gasteiger partial charge in [0.1, 0.15) is 6.61 Å². The van der Waals surface area contributed by atoms with E-state index in [1.54, 1.807) is 19.3 Å². The Balaban J connectivity index is 1.69. The van der Waals surface area contributed by atoms with Crippen molar-refractivity contribution in [3.8, 4) is 11.5 Å². The lowest BCUT2D eigenvalue weighted by molar-refractivity contribution is -0.121. The molecule has 30 heavy (non-hydrogen) atoms. The number of aryl methyl sites for hydroxylation is 1. The fourth-order valence-electron chi connectivity index (χ4n) is 3.36. The molecule has 0 atom stereocenters. The first-order chi connectivity index (χ1) is 14.4. The van der Waals surface area contributed by atoms with E-state index in [-0.39, 0.29) is 6.54 Å². The highest BCUT2D eigenvalue weighted by molar-refractivity contribution is 7.92. The lowest BCUT2D eigenvalue weighted by atomic mass is 10.1. The van der Waals surface area contributed by atoms with Crippen LogP contribution < -0.4 is 9.47 Å². The molecule has 9 heteroatoms. The molecule has 2 aliphatic heterocycles. The Morgan fingerprint density at radius 3 is 2.67 bits per heavy atom. The molecule has 0 bridgehead atoms. The molecule has 1 aromatic carbocycles. The second-order valence-electron chi connectivity index (χ2n) is 7.12. The summed E-state index contributed by atoms with van der Waals surface area (Å²) in [4.78, 5) is 14.1. The Labute approximate surface area is 177 Å². The predicted octanol–water partition coefficient (Wildman–Crippen LogP) is 1.80. The Morgan fingerprint density at radius 2 is 1.97 bits per heavy atom. The van der Waals surface area contributed by atoms with Gasteiger partial charge in [0.15, 0.2) is 11.5 Å². The number of sulfonamides is 1. The Morgan fingerprint density at radius 1 is 1.20 bits per heavy atom. The zero-order valence-corrected chi connectivity index (χ0v) is 18.2. The summed E-state index contributed by atoms with van der Waals surface area (Å²) in [7, 11) is -2.29. The van der Waals surface area contributed by atoms with Crippen molar-refractivity contribution >= 4 is 22.0 Å². The minimum atomic E-state index is -3.84. The molecule has 0 radical (unpaired) electrons.